The van der Waals surface area contributed by atoms with Crippen LogP contribution in [0.2, 0.25) is 5.02 Å². The van der Waals surface area contributed by atoms with Gasteiger partial charge in [-0.15, -0.1) is 0 Å². The SMILES string of the molecule is CC(C)S(=O)(=O)c1cccc(C(=O)N(Cc2ccncc2)c2nc3c(Cl)cccc3s2)c1. The summed E-state index contributed by atoms with van der Waals surface area (Å²) in [4.78, 5) is 23.9. The van der Waals surface area contributed by atoms with Gasteiger partial charge in [-0.1, -0.05) is 35.1 Å². The topological polar surface area (TPSA) is 80.2 Å². The fourth-order valence-electron chi connectivity index (χ4n) is 3.15. The number of hydrogen-bond donors (Lipinski definition) is 0. The third kappa shape index (κ3) is 4.39. The number of anilines is 1. The molecule has 0 aliphatic heterocycles. The minimum Gasteiger partial charge on any atom is -0.279 e. The second-order valence-corrected chi connectivity index (χ2v) is 11.4. The number of thiazole rings is 1. The van der Waals surface area contributed by atoms with Crippen LogP contribution in [-0.2, 0) is 16.4 Å². The van der Waals surface area contributed by atoms with E-state index >= 15 is 0 Å². The largest absolute Gasteiger partial charge is 0.279 e. The first-order chi connectivity index (χ1) is 15.3. The molecule has 4 rings (SSSR count). The number of nitrogens with zero attached hydrogens (tertiary/aromatic N) is 3. The summed E-state index contributed by atoms with van der Waals surface area (Å²) in [6.45, 7) is 3.48. The lowest BCUT2D eigenvalue weighted by atomic mass is 10.2. The zero-order valence-corrected chi connectivity index (χ0v) is 19.8. The summed E-state index contributed by atoms with van der Waals surface area (Å²) < 4.78 is 26.1. The molecule has 0 aliphatic carbocycles. The Hall–Kier alpha value is -2.81. The number of para-hydroxylation sites is 1. The van der Waals surface area contributed by atoms with Crippen molar-refractivity contribution in [2.24, 2.45) is 0 Å². The number of carbonyl (C=O) groups excluding carboxylic acids is 1. The van der Waals surface area contributed by atoms with E-state index in [1.165, 1.54) is 28.4 Å². The molecule has 0 fully saturated rings. The van der Waals surface area contributed by atoms with Gasteiger partial charge >= 0.3 is 0 Å². The average Bonchev–Trinajstić information content (AvgIpc) is 3.23. The van der Waals surface area contributed by atoms with Crippen molar-refractivity contribution < 1.29 is 13.2 Å². The molecule has 1 amide bonds. The van der Waals surface area contributed by atoms with E-state index in [1.54, 1.807) is 44.4 Å². The predicted octanol–water partition coefficient (Wildman–Crippen LogP) is 5.37. The lowest BCUT2D eigenvalue weighted by Crippen LogP contribution is -2.30. The Bertz CT molecular complexity index is 1390. The Kier molecular flexibility index (Phi) is 6.28. The van der Waals surface area contributed by atoms with Crippen molar-refractivity contribution >= 4 is 54.0 Å². The molecule has 0 bridgehead atoms. The van der Waals surface area contributed by atoms with Crippen molar-refractivity contribution in [3.63, 3.8) is 0 Å². The highest BCUT2D eigenvalue weighted by Crippen LogP contribution is 2.34. The van der Waals surface area contributed by atoms with Crippen LogP contribution < -0.4 is 4.90 Å². The van der Waals surface area contributed by atoms with Gasteiger partial charge in [0, 0.05) is 18.0 Å². The molecule has 0 N–H and O–H groups in total. The number of sulfone groups is 1. The van der Waals surface area contributed by atoms with E-state index < -0.39 is 15.1 Å². The molecule has 0 saturated carbocycles. The molecule has 0 atom stereocenters. The van der Waals surface area contributed by atoms with Crippen LogP contribution in [-0.4, -0.2) is 29.5 Å². The summed E-state index contributed by atoms with van der Waals surface area (Å²) in [5.41, 5.74) is 1.76. The molecule has 164 valence electrons. The Balaban J connectivity index is 1.79. The second kappa shape index (κ2) is 8.97. The van der Waals surface area contributed by atoms with Crippen LogP contribution in [0.1, 0.15) is 29.8 Å². The molecular formula is C23H20ClN3O3S2. The van der Waals surface area contributed by atoms with Crippen LogP contribution in [0.4, 0.5) is 5.13 Å². The van der Waals surface area contributed by atoms with Gasteiger partial charge in [-0.25, -0.2) is 13.4 Å². The number of benzene rings is 2. The normalized spacial score (nSPS) is 11.8. The summed E-state index contributed by atoms with van der Waals surface area (Å²) in [5, 5.41) is 0.394. The lowest BCUT2D eigenvalue weighted by molar-refractivity contribution is 0.0985. The van der Waals surface area contributed by atoms with Crippen LogP contribution in [0.25, 0.3) is 10.2 Å². The van der Waals surface area contributed by atoms with Crippen molar-refractivity contribution in [3.8, 4) is 0 Å². The first kappa shape index (κ1) is 22.4. The zero-order chi connectivity index (χ0) is 22.9. The molecule has 2 heterocycles. The summed E-state index contributed by atoms with van der Waals surface area (Å²) in [5.74, 6) is -0.349. The van der Waals surface area contributed by atoms with E-state index in [4.69, 9.17) is 11.6 Å². The number of fused-ring (bicyclic) bond motifs is 1. The molecular weight excluding hydrogens is 466 g/mol. The molecule has 0 radical (unpaired) electrons. The van der Waals surface area contributed by atoms with Gasteiger partial charge in [0.15, 0.2) is 15.0 Å². The highest BCUT2D eigenvalue weighted by Gasteiger charge is 2.25. The fraction of sp³-hybridized carbons (Fsp3) is 0.174. The van der Waals surface area contributed by atoms with E-state index in [0.717, 1.165) is 10.3 Å². The Morgan fingerprint density at radius 3 is 2.50 bits per heavy atom. The highest BCUT2D eigenvalue weighted by molar-refractivity contribution is 7.92. The maximum atomic E-state index is 13.6. The molecule has 0 unspecified atom stereocenters. The second-order valence-electron chi connectivity index (χ2n) is 7.45. The number of rotatable bonds is 6. The minimum absolute atomic E-state index is 0.120. The quantitative estimate of drug-likeness (QED) is 0.366. The molecule has 0 spiro atoms. The van der Waals surface area contributed by atoms with Gasteiger partial charge in [-0.2, -0.15) is 0 Å². The highest BCUT2D eigenvalue weighted by atomic mass is 35.5. The van der Waals surface area contributed by atoms with Crippen LogP contribution in [0.5, 0.6) is 0 Å². The van der Waals surface area contributed by atoms with Crippen molar-refractivity contribution in [1.29, 1.82) is 0 Å². The van der Waals surface area contributed by atoms with Crippen molar-refractivity contribution in [1.82, 2.24) is 9.97 Å². The maximum absolute atomic E-state index is 13.6. The third-order valence-electron chi connectivity index (χ3n) is 4.95. The number of hydrogen-bond acceptors (Lipinski definition) is 6. The van der Waals surface area contributed by atoms with Crippen LogP contribution in [0.3, 0.4) is 0 Å². The maximum Gasteiger partial charge on any atom is 0.260 e. The number of carbonyl (C=O) groups is 1. The molecule has 2 aromatic heterocycles. The molecule has 4 aromatic rings. The van der Waals surface area contributed by atoms with E-state index in [0.29, 0.717) is 15.7 Å². The van der Waals surface area contributed by atoms with Gasteiger partial charge in [0.2, 0.25) is 0 Å². The van der Waals surface area contributed by atoms with Crippen LogP contribution in [0, 0.1) is 0 Å². The van der Waals surface area contributed by atoms with Gasteiger partial charge in [-0.3, -0.25) is 14.7 Å². The Labute approximate surface area is 195 Å². The van der Waals surface area contributed by atoms with E-state index in [2.05, 4.69) is 9.97 Å². The molecule has 0 aliphatic rings. The zero-order valence-electron chi connectivity index (χ0n) is 17.4. The number of halogens is 1. The van der Waals surface area contributed by atoms with Gasteiger partial charge in [0.05, 0.1) is 26.4 Å². The third-order valence-corrected chi connectivity index (χ3v) is 8.46. The van der Waals surface area contributed by atoms with Gasteiger partial charge in [-0.05, 0) is 61.9 Å². The predicted molar refractivity (Wildman–Crippen MR) is 128 cm³/mol. The monoisotopic (exact) mass is 485 g/mol. The summed E-state index contributed by atoms with van der Waals surface area (Å²) in [6.07, 6.45) is 3.31. The van der Waals surface area contributed by atoms with Gasteiger partial charge in [0.25, 0.3) is 5.91 Å². The number of amides is 1. The van der Waals surface area contributed by atoms with Crippen LogP contribution in [0.15, 0.2) is 71.9 Å². The van der Waals surface area contributed by atoms with E-state index in [-0.39, 0.29) is 22.9 Å². The first-order valence-corrected chi connectivity index (χ1v) is 12.6. The number of pyridine rings is 1. The molecule has 0 saturated heterocycles. The Morgan fingerprint density at radius 1 is 1.09 bits per heavy atom. The standard InChI is InChI=1S/C23H20ClN3O3S2/c1-15(2)32(29,30)18-6-3-5-17(13-18)22(28)27(14-16-9-11-25-12-10-16)23-26-21-19(24)7-4-8-20(21)31-23/h3-13,15H,14H2,1-2H3. The molecule has 32 heavy (non-hydrogen) atoms. The smallest absolute Gasteiger partial charge is 0.260 e. The fourth-order valence-corrected chi connectivity index (χ4v) is 5.52. The van der Waals surface area contributed by atoms with E-state index in [1.807, 2.05) is 24.3 Å². The summed E-state index contributed by atoms with van der Waals surface area (Å²) >= 11 is 7.65. The van der Waals surface area contributed by atoms with Crippen molar-refractivity contribution in [2.75, 3.05) is 4.90 Å². The van der Waals surface area contributed by atoms with Crippen LogP contribution >= 0.6 is 22.9 Å². The average molecular weight is 486 g/mol. The van der Waals surface area contributed by atoms with Gasteiger partial charge < -0.3 is 0 Å². The first-order valence-electron chi connectivity index (χ1n) is 9.87. The Morgan fingerprint density at radius 2 is 1.81 bits per heavy atom. The molecule has 6 nitrogen and oxygen atoms in total. The van der Waals surface area contributed by atoms with Gasteiger partial charge in [0.1, 0.15) is 5.52 Å². The van der Waals surface area contributed by atoms with Crippen molar-refractivity contribution in [3.05, 3.63) is 83.1 Å². The number of aromatic nitrogens is 2. The molecule has 2 aromatic carbocycles. The summed E-state index contributed by atoms with van der Waals surface area (Å²) in [7, 11) is -3.52. The minimum atomic E-state index is -3.52. The summed E-state index contributed by atoms with van der Waals surface area (Å²) in [6, 6.07) is 15.3. The van der Waals surface area contributed by atoms with Crippen molar-refractivity contribution in [2.45, 2.75) is 30.5 Å². The molecule has 9 heteroatoms. The van der Waals surface area contributed by atoms with E-state index in [9.17, 15) is 13.2 Å². The lowest BCUT2D eigenvalue weighted by Gasteiger charge is -2.20.